The average molecular weight is 379 g/mol. The van der Waals surface area contributed by atoms with Gasteiger partial charge in [0.25, 0.3) is 5.91 Å². The van der Waals surface area contributed by atoms with Gasteiger partial charge in [0.05, 0.1) is 0 Å². The molecule has 0 spiro atoms. The molecule has 0 atom stereocenters. The molecule has 4 rings (SSSR count). The fourth-order valence-corrected chi connectivity index (χ4v) is 4.17. The van der Waals surface area contributed by atoms with Gasteiger partial charge in [-0.25, -0.2) is 0 Å². The summed E-state index contributed by atoms with van der Waals surface area (Å²) in [5.74, 6) is 1.10. The molecule has 2 fully saturated rings. The second-order valence-electron chi connectivity index (χ2n) is 7.85. The van der Waals surface area contributed by atoms with Crippen LogP contribution in [-0.2, 0) is 0 Å². The summed E-state index contributed by atoms with van der Waals surface area (Å²) in [6.07, 6.45) is 4.76. The first kappa shape index (κ1) is 19.0. The number of hydrogen-bond acceptors (Lipinski definition) is 3. The average Bonchev–Trinajstić information content (AvgIpc) is 3.29. The molecule has 4 heteroatoms. The molecule has 28 heavy (non-hydrogen) atoms. The topological polar surface area (TPSA) is 32.8 Å². The predicted octanol–water partition coefficient (Wildman–Crippen LogP) is 4.45. The van der Waals surface area contributed by atoms with Crippen molar-refractivity contribution in [3.05, 3.63) is 54.1 Å². The number of carbonyl (C=O) groups excluding carboxylic acids is 1. The molecule has 2 heterocycles. The number of piperidine rings is 1. The lowest BCUT2D eigenvalue weighted by atomic mass is 10.0. The third kappa shape index (κ3) is 4.39. The summed E-state index contributed by atoms with van der Waals surface area (Å²) >= 11 is 0. The van der Waals surface area contributed by atoms with E-state index in [-0.39, 0.29) is 5.91 Å². The number of amides is 1. The van der Waals surface area contributed by atoms with Gasteiger partial charge in [0.1, 0.15) is 11.9 Å². The van der Waals surface area contributed by atoms with Crippen molar-refractivity contribution >= 4 is 5.91 Å². The van der Waals surface area contributed by atoms with E-state index >= 15 is 0 Å². The maximum Gasteiger partial charge on any atom is 0.253 e. The maximum absolute atomic E-state index is 12.5. The van der Waals surface area contributed by atoms with Gasteiger partial charge < -0.3 is 14.5 Å². The lowest BCUT2D eigenvalue weighted by molar-refractivity contribution is 0.0793. The molecule has 2 aliphatic rings. The molecule has 0 bridgehead atoms. The van der Waals surface area contributed by atoms with Gasteiger partial charge in [-0.05, 0) is 67.6 Å². The van der Waals surface area contributed by atoms with Gasteiger partial charge in [-0.2, -0.15) is 0 Å². The van der Waals surface area contributed by atoms with E-state index < -0.39 is 0 Å². The van der Waals surface area contributed by atoms with E-state index in [0.29, 0.717) is 6.10 Å². The largest absolute Gasteiger partial charge is 0.490 e. The summed E-state index contributed by atoms with van der Waals surface area (Å²) in [6, 6.07) is 16.3. The van der Waals surface area contributed by atoms with E-state index in [1.165, 1.54) is 0 Å². The minimum absolute atomic E-state index is 0.155. The molecule has 2 aromatic carbocycles. The van der Waals surface area contributed by atoms with Gasteiger partial charge in [-0.1, -0.05) is 31.2 Å². The van der Waals surface area contributed by atoms with Crippen LogP contribution in [0.25, 0.3) is 11.1 Å². The van der Waals surface area contributed by atoms with E-state index in [9.17, 15) is 4.79 Å². The van der Waals surface area contributed by atoms with E-state index in [2.05, 4.69) is 36.1 Å². The Balaban J connectivity index is 1.36. The van der Waals surface area contributed by atoms with Crippen molar-refractivity contribution in [2.45, 2.75) is 38.7 Å². The Kier molecular flexibility index (Phi) is 5.96. The fourth-order valence-electron chi connectivity index (χ4n) is 4.17. The molecular formula is C24H30N2O2. The Bertz CT molecular complexity index is 771. The quantitative estimate of drug-likeness (QED) is 0.770. The minimum Gasteiger partial charge on any atom is -0.490 e. The van der Waals surface area contributed by atoms with Gasteiger partial charge in [0, 0.05) is 31.7 Å². The highest BCUT2D eigenvalue weighted by molar-refractivity contribution is 5.94. The summed E-state index contributed by atoms with van der Waals surface area (Å²) in [7, 11) is 0. The number of ether oxygens (including phenoxy) is 1. The van der Waals surface area contributed by atoms with Crippen molar-refractivity contribution in [1.29, 1.82) is 0 Å². The van der Waals surface area contributed by atoms with Crippen molar-refractivity contribution in [2.75, 3.05) is 32.7 Å². The van der Waals surface area contributed by atoms with Crippen LogP contribution in [0.1, 0.15) is 43.0 Å². The van der Waals surface area contributed by atoms with Crippen molar-refractivity contribution in [3.8, 4) is 16.9 Å². The summed E-state index contributed by atoms with van der Waals surface area (Å²) in [6.45, 7) is 7.38. The van der Waals surface area contributed by atoms with Gasteiger partial charge in [-0.15, -0.1) is 0 Å². The lowest BCUT2D eigenvalue weighted by Crippen LogP contribution is -2.37. The van der Waals surface area contributed by atoms with Gasteiger partial charge >= 0.3 is 0 Å². The van der Waals surface area contributed by atoms with E-state index in [4.69, 9.17) is 4.74 Å². The lowest BCUT2D eigenvalue weighted by Gasteiger charge is -2.31. The van der Waals surface area contributed by atoms with Gasteiger partial charge in [-0.3, -0.25) is 4.79 Å². The molecule has 0 unspecified atom stereocenters. The third-order valence-electron chi connectivity index (χ3n) is 6.00. The van der Waals surface area contributed by atoms with Crippen LogP contribution < -0.4 is 4.74 Å². The molecular weight excluding hydrogens is 348 g/mol. The molecule has 0 aromatic heterocycles. The Labute approximate surface area is 168 Å². The first-order valence-electron chi connectivity index (χ1n) is 10.6. The Hall–Kier alpha value is -2.33. The van der Waals surface area contributed by atoms with Gasteiger partial charge in [0.2, 0.25) is 0 Å². The second-order valence-corrected chi connectivity index (χ2v) is 7.85. The van der Waals surface area contributed by atoms with Crippen molar-refractivity contribution < 1.29 is 9.53 Å². The monoisotopic (exact) mass is 378 g/mol. The van der Waals surface area contributed by atoms with Crippen molar-refractivity contribution in [3.63, 3.8) is 0 Å². The maximum atomic E-state index is 12.5. The first-order valence-corrected chi connectivity index (χ1v) is 10.6. The molecule has 2 aliphatic heterocycles. The highest BCUT2D eigenvalue weighted by Crippen LogP contribution is 2.25. The number of carbonyl (C=O) groups is 1. The van der Waals surface area contributed by atoms with E-state index in [1.54, 1.807) is 0 Å². The summed E-state index contributed by atoms with van der Waals surface area (Å²) < 4.78 is 6.17. The SMILES string of the molecule is CCN1CCC(Oc2ccc(-c3ccc(C(=O)N4CCCC4)cc3)cc2)CC1. The highest BCUT2D eigenvalue weighted by Gasteiger charge is 2.20. The van der Waals surface area contributed by atoms with E-state index in [1.807, 2.05) is 29.2 Å². The minimum atomic E-state index is 0.155. The Morgan fingerprint density at radius 3 is 2.04 bits per heavy atom. The molecule has 2 aromatic rings. The van der Waals surface area contributed by atoms with Crippen LogP contribution in [0.5, 0.6) is 5.75 Å². The Morgan fingerprint density at radius 2 is 1.46 bits per heavy atom. The van der Waals surface area contributed by atoms with Crippen LogP contribution in [0.2, 0.25) is 0 Å². The normalized spacial score (nSPS) is 18.4. The summed E-state index contributed by atoms with van der Waals surface area (Å²) in [5, 5.41) is 0. The molecule has 4 nitrogen and oxygen atoms in total. The van der Waals surface area contributed by atoms with Crippen LogP contribution in [-0.4, -0.2) is 54.5 Å². The smallest absolute Gasteiger partial charge is 0.253 e. The van der Waals surface area contributed by atoms with Gasteiger partial charge in [0.15, 0.2) is 0 Å². The van der Waals surface area contributed by atoms with E-state index in [0.717, 1.165) is 80.8 Å². The summed E-state index contributed by atoms with van der Waals surface area (Å²) in [5.41, 5.74) is 3.05. The first-order chi connectivity index (χ1) is 13.7. The second kappa shape index (κ2) is 8.78. The zero-order chi connectivity index (χ0) is 19.3. The molecule has 0 radical (unpaired) electrons. The zero-order valence-corrected chi connectivity index (χ0v) is 16.8. The molecule has 2 saturated heterocycles. The summed E-state index contributed by atoms with van der Waals surface area (Å²) in [4.78, 5) is 16.9. The van der Waals surface area contributed by atoms with Crippen molar-refractivity contribution in [2.24, 2.45) is 0 Å². The zero-order valence-electron chi connectivity index (χ0n) is 16.8. The molecule has 0 aliphatic carbocycles. The molecule has 0 saturated carbocycles. The van der Waals surface area contributed by atoms with Crippen molar-refractivity contribution in [1.82, 2.24) is 9.80 Å². The molecule has 148 valence electrons. The standard InChI is InChI=1S/C24H30N2O2/c1-2-25-17-13-23(14-18-25)28-22-11-9-20(10-12-22)19-5-7-21(8-6-19)24(27)26-15-3-4-16-26/h5-12,23H,2-4,13-18H2,1H3. The highest BCUT2D eigenvalue weighted by atomic mass is 16.5. The number of rotatable bonds is 5. The Morgan fingerprint density at radius 1 is 0.893 bits per heavy atom. The number of benzene rings is 2. The fraction of sp³-hybridized carbons (Fsp3) is 0.458. The third-order valence-corrected chi connectivity index (χ3v) is 6.00. The van der Waals surface area contributed by atoms with Crippen LogP contribution >= 0.6 is 0 Å². The number of likely N-dealkylation sites (tertiary alicyclic amines) is 2. The number of hydrogen-bond donors (Lipinski definition) is 0. The van der Waals surface area contributed by atoms with Crippen LogP contribution in [0.3, 0.4) is 0 Å². The predicted molar refractivity (Wildman–Crippen MR) is 113 cm³/mol. The number of nitrogens with zero attached hydrogens (tertiary/aromatic N) is 2. The van der Waals surface area contributed by atoms with Crippen LogP contribution in [0.15, 0.2) is 48.5 Å². The molecule has 0 N–H and O–H groups in total. The molecule has 1 amide bonds. The van der Waals surface area contributed by atoms with Crippen LogP contribution in [0.4, 0.5) is 0 Å². The van der Waals surface area contributed by atoms with Crippen LogP contribution in [0, 0.1) is 0 Å².